The van der Waals surface area contributed by atoms with Crippen LogP contribution in [-0.2, 0) is 6.42 Å². The van der Waals surface area contributed by atoms with Crippen LogP contribution < -0.4 is 5.32 Å². The van der Waals surface area contributed by atoms with E-state index in [9.17, 15) is 0 Å². The second kappa shape index (κ2) is 4.63. The molecule has 0 fully saturated rings. The van der Waals surface area contributed by atoms with Gasteiger partial charge in [-0.15, -0.1) is 6.58 Å². The van der Waals surface area contributed by atoms with E-state index in [2.05, 4.69) is 43.1 Å². The lowest BCUT2D eigenvalue weighted by Gasteiger charge is -2.30. The summed E-state index contributed by atoms with van der Waals surface area (Å²) in [7, 11) is 0. The lowest BCUT2D eigenvalue weighted by atomic mass is 9.77. The quantitative estimate of drug-likeness (QED) is 0.570. The highest BCUT2D eigenvalue weighted by Crippen LogP contribution is 2.33. The smallest absolute Gasteiger partial charge is 0.00235 e. The van der Waals surface area contributed by atoms with Crippen LogP contribution >= 0.6 is 0 Å². The van der Waals surface area contributed by atoms with Gasteiger partial charge in [0.2, 0.25) is 0 Å². The van der Waals surface area contributed by atoms with Gasteiger partial charge in [0.25, 0.3) is 0 Å². The minimum absolute atomic E-state index is 0.742. The number of hydrogen-bond donors (Lipinski definition) is 1. The Hall–Kier alpha value is -1.08. The Morgan fingerprint density at radius 1 is 1.47 bits per heavy atom. The molecule has 1 aliphatic carbocycles. The molecule has 1 aromatic rings. The second-order valence-corrected chi connectivity index (χ2v) is 4.51. The molecule has 1 aliphatic rings. The molecule has 0 radical (unpaired) electrons. The number of benzene rings is 1. The highest BCUT2D eigenvalue weighted by Gasteiger charge is 2.24. The highest BCUT2D eigenvalue weighted by molar-refractivity contribution is 5.40. The lowest BCUT2D eigenvalue weighted by Crippen LogP contribution is -2.29. The van der Waals surface area contributed by atoms with Gasteiger partial charge >= 0.3 is 0 Å². The molecule has 1 heteroatoms. The van der Waals surface area contributed by atoms with E-state index in [1.165, 1.54) is 17.6 Å². The minimum Gasteiger partial charge on any atom is -0.316 e. The molecular formula is C14H19N. The van der Waals surface area contributed by atoms with Gasteiger partial charge in [0.1, 0.15) is 0 Å². The topological polar surface area (TPSA) is 12.0 Å². The van der Waals surface area contributed by atoms with Crippen LogP contribution in [0.4, 0.5) is 0 Å². The van der Waals surface area contributed by atoms with Gasteiger partial charge in [-0.25, -0.2) is 0 Å². The van der Waals surface area contributed by atoms with Gasteiger partial charge in [-0.2, -0.15) is 0 Å². The average molecular weight is 201 g/mol. The van der Waals surface area contributed by atoms with Crippen molar-refractivity contribution in [3.05, 3.63) is 47.5 Å². The monoisotopic (exact) mass is 201 g/mol. The maximum Gasteiger partial charge on any atom is 0.00235 e. The van der Waals surface area contributed by atoms with Crippen molar-refractivity contribution in [2.75, 3.05) is 13.1 Å². The molecule has 15 heavy (non-hydrogen) atoms. The van der Waals surface area contributed by atoms with Gasteiger partial charge in [0.05, 0.1) is 0 Å². The molecule has 1 unspecified atom stereocenters. The summed E-state index contributed by atoms with van der Waals surface area (Å²) in [5.41, 5.74) is 4.33. The molecule has 0 bridgehead atoms. The van der Waals surface area contributed by atoms with Gasteiger partial charge in [-0.3, -0.25) is 0 Å². The SMILES string of the molecule is C=C(C)CCNCC1Cc2ccccc21. The predicted molar refractivity (Wildman–Crippen MR) is 65.2 cm³/mol. The molecule has 0 amide bonds. The maximum absolute atomic E-state index is 3.90. The molecule has 1 atom stereocenters. The summed E-state index contributed by atoms with van der Waals surface area (Å²) in [6.07, 6.45) is 2.34. The number of rotatable bonds is 5. The van der Waals surface area contributed by atoms with Crippen LogP contribution in [0.3, 0.4) is 0 Å². The fourth-order valence-corrected chi connectivity index (χ4v) is 2.12. The summed E-state index contributed by atoms with van der Waals surface area (Å²) >= 11 is 0. The molecule has 1 aromatic carbocycles. The third-order valence-corrected chi connectivity index (χ3v) is 3.08. The Morgan fingerprint density at radius 2 is 2.27 bits per heavy atom. The van der Waals surface area contributed by atoms with Crippen molar-refractivity contribution < 1.29 is 0 Å². The molecule has 1 N–H and O–H groups in total. The second-order valence-electron chi connectivity index (χ2n) is 4.51. The highest BCUT2D eigenvalue weighted by atomic mass is 14.9. The van der Waals surface area contributed by atoms with Crippen LogP contribution in [0.2, 0.25) is 0 Å². The minimum atomic E-state index is 0.742. The van der Waals surface area contributed by atoms with Crippen LogP contribution in [0.25, 0.3) is 0 Å². The number of hydrogen-bond acceptors (Lipinski definition) is 1. The van der Waals surface area contributed by atoms with Gasteiger partial charge in [-0.1, -0.05) is 29.8 Å². The first kappa shape index (κ1) is 10.4. The first-order chi connectivity index (χ1) is 7.27. The maximum atomic E-state index is 3.90. The van der Waals surface area contributed by atoms with E-state index in [0.717, 1.165) is 25.4 Å². The van der Waals surface area contributed by atoms with Crippen LogP contribution in [0.5, 0.6) is 0 Å². The van der Waals surface area contributed by atoms with Crippen LogP contribution in [-0.4, -0.2) is 13.1 Å². The summed E-state index contributed by atoms with van der Waals surface area (Å²) in [4.78, 5) is 0. The molecule has 1 nitrogen and oxygen atoms in total. The van der Waals surface area contributed by atoms with E-state index in [0.29, 0.717) is 0 Å². The predicted octanol–water partition coefficient (Wildman–Crippen LogP) is 2.88. The summed E-state index contributed by atoms with van der Waals surface area (Å²) in [6, 6.07) is 8.76. The largest absolute Gasteiger partial charge is 0.316 e. The molecule has 0 aromatic heterocycles. The molecule has 0 saturated carbocycles. The van der Waals surface area contributed by atoms with E-state index in [1.807, 2.05) is 0 Å². The fourth-order valence-electron chi connectivity index (χ4n) is 2.12. The molecule has 0 spiro atoms. The van der Waals surface area contributed by atoms with Crippen molar-refractivity contribution in [3.8, 4) is 0 Å². The Balaban J connectivity index is 1.73. The van der Waals surface area contributed by atoms with Crippen molar-refractivity contribution in [2.45, 2.75) is 25.7 Å². The molecular weight excluding hydrogens is 182 g/mol. The summed E-state index contributed by atoms with van der Waals surface area (Å²) in [5.74, 6) is 0.742. The Labute approximate surface area is 92.2 Å². The lowest BCUT2D eigenvalue weighted by molar-refractivity contribution is 0.537. The van der Waals surface area contributed by atoms with E-state index in [-0.39, 0.29) is 0 Å². The van der Waals surface area contributed by atoms with E-state index >= 15 is 0 Å². The molecule has 2 rings (SSSR count). The first-order valence-electron chi connectivity index (χ1n) is 5.70. The standard InChI is InChI=1S/C14H19N/c1-11(2)7-8-15-10-13-9-12-5-3-4-6-14(12)13/h3-6,13,15H,1,7-10H2,2H3. The Morgan fingerprint density at radius 3 is 3.00 bits per heavy atom. The van der Waals surface area contributed by atoms with Crippen molar-refractivity contribution in [1.29, 1.82) is 0 Å². The van der Waals surface area contributed by atoms with Crippen LogP contribution in [0, 0.1) is 0 Å². The summed E-state index contributed by atoms with van der Waals surface area (Å²) in [5, 5.41) is 3.50. The average Bonchev–Trinajstić information content (AvgIpc) is 2.18. The third-order valence-electron chi connectivity index (χ3n) is 3.08. The zero-order valence-corrected chi connectivity index (χ0v) is 9.42. The van der Waals surface area contributed by atoms with Gasteiger partial charge in [0.15, 0.2) is 0 Å². The van der Waals surface area contributed by atoms with Crippen molar-refractivity contribution in [1.82, 2.24) is 5.32 Å². The summed E-state index contributed by atoms with van der Waals surface area (Å²) in [6.45, 7) is 8.16. The molecule has 0 aliphatic heterocycles. The van der Waals surface area contributed by atoms with E-state index in [4.69, 9.17) is 0 Å². The zero-order valence-electron chi connectivity index (χ0n) is 9.42. The van der Waals surface area contributed by atoms with Crippen molar-refractivity contribution in [3.63, 3.8) is 0 Å². The Kier molecular flexibility index (Phi) is 3.22. The van der Waals surface area contributed by atoms with Crippen molar-refractivity contribution in [2.24, 2.45) is 0 Å². The van der Waals surface area contributed by atoms with Crippen LogP contribution in [0.15, 0.2) is 36.4 Å². The third kappa shape index (κ3) is 2.48. The van der Waals surface area contributed by atoms with Crippen molar-refractivity contribution >= 4 is 0 Å². The zero-order chi connectivity index (χ0) is 10.7. The van der Waals surface area contributed by atoms with Crippen LogP contribution in [0.1, 0.15) is 30.4 Å². The summed E-state index contributed by atoms with van der Waals surface area (Å²) < 4.78 is 0. The Bertz CT molecular complexity index is 354. The molecule has 0 heterocycles. The normalized spacial score (nSPS) is 18.1. The van der Waals surface area contributed by atoms with Gasteiger partial charge < -0.3 is 5.32 Å². The number of nitrogens with one attached hydrogen (secondary N) is 1. The van der Waals surface area contributed by atoms with Gasteiger partial charge in [0, 0.05) is 12.5 Å². The molecule has 80 valence electrons. The van der Waals surface area contributed by atoms with Gasteiger partial charge in [-0.05, 0) is 37.4 Å². The van der Waals surface area contributed by atoms with E-state index < -0.39 is 0 Å². The first-order valence-corrected chi connectivity index (χ1v) is 5.70. The number of fused-ring (bicyclic) bond motifs is 1. The molecule has 0 saturated heterocycles. The fraction of sp³-hybridized carbons (Fsp3) is 0.429. The van der Waals surface area contributed by atoms with E-state index in [1.54, 1.807) is 5.56 Å².